The lowest BCUT2D eigenvalue weighted by molar-refractivity contribution is -0.117. The van der Waals surface area contributed by atoms with Gasteiger partial charge in [0.1, 0.15) is 12.2 Å². The lowest BCUT2D eigenvalue weighted by Gasteiger charge is -2.35. The third-order valence-electron chi connectivity index (χ3n) is 4.75. The second kappa shape index (κ2) is 6.24. The average molecular weight is 327 g/mol. The molecule has 1 aromatic heterocycles. The molecule has 4 rings (SSSR count). The highest BCUT2D eigenvalue weighted by molar-refractivity contribution is 5.95. The summed E-state index contributed by atoms with van der Waals surface area (Å²) in [5, 5.41) is 9.67. The van der Waals surface area contributed by atoms with Gasteiger partial charge in [-0.05, 0) is 37.6 Å². The summed E-state index contributed by atoms with van der Waals surface area (Å²) in [5.74, 6) is 0.994. The van der Waals surface area contributed by atoms with Gasteiger partial charge in [0.15, 0.2) is 0 Å². The second-order valence-corrected chi connectivity index (χ2v) is 6.47. The molecule has 1 aromatic carbocycles. The molecule has 0 bridgehead atoms. The molecule has 2 N–H and O–H groups in total. The molecule has 2 fully saturated rings. The smallest absolute Gasteiger partial charge is 0.228 e. The SMILES string of the molecule is CC1COCCN1c1ccc(NC(=O)C2CC2c2ncn[nH]2)cc1. The molecule has 2 aliphatic rings. The minimum atomic E-state index is -0.0168. The first-order valence-electron chi connectivity index (χ1n) is 8.33. The van der Waals surface area contributed by atoms with E-state index in [0.717, 1.165) is 43.4 Å². The van der Waals surface area contributed by atoms with Crippen LogP contribution in [0.4, 0.5) is 11.4 Å². The van der Waals surface area contributed by atoms with Gasteiger partial charge in [-0.3, -0.25) is 9.89 Å². The fourth-order valence-corrected chi connectivity index (χ4v) is 3.26. The fourth-order valence-electron chi connectivity index (χ4n) is 3.26. The molecule has 126 valence electrons. The van der Waals surface area contributed by atoms with Crippen molar-refractivity contribution in [3.8, 4) is 0 Å². The topological polar surface area (TPSA) is 83.1 Å². The Kier molecular flexibility index (Phi) is 3.93. The number of nitrogens with zero attached hydrogens (tertiary/aromatic N) is 3. The first-order chi connectivity index (χ1) is 11.7. The van der Waals surface area contributed by atoms with Gasteiger partial charge in [0.25, 0.3) is 0 Å². The summed E-state index contributed by atoms with van der Waals surface area (Å²) in [4.78, 5) is 18.8. The van der Waals surface area contributed by atoms with Crippen LogP contribution in [0.15, 0.2) is 30.6 Å². The number of rotatable bonds is 4. The zero-order chi connectivity index (χ0) is 16.5. The summed E-state index contributed by atoms with van der Waals surface area (Å²) < 4.78 is 5.47. The second-order valence-electron chi connectivity index (χ2n) is 6.47. The Morgan fingerprint density at radius 3 is 2.92 bits per heavy atom. The monoisotopic (exact) mass is 327 g/mol. The molecular formula is C17H21N5O2. The number of nitrogens with one attached hydrogen (secondary N) is 2. The molecule has 2 aromatic rings. The van der Waals surface area contributed by atoms with E-state index in [1.807, 2.05) is 12.1 Å². The van der Waals surface area contributed by atoms with Gasteiger partial charge in [0.05, 0.1) is 13.2 Å². The van der Waals surface area contributed by atoms with E-state index in [0.29, 0.717) is 6.04 Å². The van der Waals surface area contributed by atoms with Crippen LogP contribution in [0, 0.1) is 5.92 Å². The van der Waals surface area contributed by atoms with Gasteiger partial charge in [0, 0.05) is 35.8 Å². The van der Waals surface area contributed by atoms with Crippen LogP contribution in [0.3, 0.4) is 0 Å². The van der Waals surface area contributed by atoms with Crippen LogP contribution < -0.4 is 10.2 Å². The molecule has 1 saturated heterocycles. The zero-order valence-electron chi connectivity index (χ0n) is 13.6. The molecule has 24 heavy (non-hydrogen) atoms. The molecule has 1 amide bonds. The third-order valence-corrected chi connectivity index (χ3v) is 4.75. The molecule has 7 heteroatoms. The largest absolute Gasteiger partial charge is 0.377 e. The number of anilines is 2. The summed E-state index contributed by atoms with van der Waals surface area (Å²) in [5.41, 5.74) is 1.99. The maximum Gasteiger partial charge on any atom is 0.228 e. The Labute approximate surface area is 140 Å². The molecule has 3 unspecified atom stereocenters. The molecule has 0 radical (unpaired) electrons. The van der Waals surface area contributed by atoms with Crippen molar-refractivity contribution in [2.75, 3.05) is 30.0 Å². The number of morpholine rings is 1. The normalized spacial score (nSPS) is 26.2. The summed E-state index contributed by atoms with van der Waals surface area (Å²) in [6, 6.07) is 8.40. The maximum absolute atomic E-state index is 12.3. The summed E-state index contributed by atoms with van der Waals surface area (Å²) >= 11 is 0. The van der Waals surface area contributed by atoms with E-state index in [4.69, 9.17) is 4.74 Å². The Morgan fingerprint density at radius 2 is 2.21 bits per heavy atom. The minimum Gasteiger partial charge on any atom is -0.377 e. The number of hydrogen-bond acceptors (Lipinski definition) is 5. The summed E-state index contributed by atoms with van der Waals surface area (Å²) in [6.07, 6.45) is 2.30. The standard InChI is InChI=1S/C17H21N5O2/c1-11-9-24-7-6-22(11)13-4-2-12(3-5-13)20-17(23)15-8-14(15)16-18-10-19-21-16/h2-5,10-11,14-15H,6-9H2,1H3,(H,20,23)(H,18,19,21). The van der Waals surface area contributed by atoms with Crippen molar-refractivity contribution in [1.82, 2.24) is 15.2 Å². The summed E-state index contributed by atoms with van der Waals surface area (Å²) in [6.45, 7) is 4.57. The number of carbonyl (C=O) groups is 1. The van der Waals surface area contributed by atoms with Crippen LogP contribution in [-0.4, -0.2) is 46.9 Å². The molecule has 1 aliphatic heterocycles. The number of benzene rings is 1. The van der Waals surface area contributed by atoms with Gasteiger partial charge in [-0.1, -0.05) is 0 Å². The number of aromatic nitrogens is 3. The quantitative estimate of drug-likeness (QED) is 0.894. The molecule has 1 aliphatic carbocycles. The van der Waals surface area contributed by atoms with Crippen molar-refractivity contribution in [2.45, 2.75) is 25.3 Å². The van der Waals surface area contributed by atoms with Crippen LogP contribution in [0.25, 0.3) is 0 Å². The van der Waals surface area contributed by atoms with E-state index in [-0.39, 0.29) is 17.7 Å². The van der Waals surface area contributed by atoms with Crippen LogP contribution in [0.1, 0.15) is 25.1 Å². The molecule has 0 spiro atoms. The van der Waals surface area contributed by atoms with E-state index >= 15 is 0 Å². The van der Waals surface area contributed by atoms with Gasteiger partial charge < -0.3 is 15.0 Å². The summed E-state index contributed by atoms with van der Waals surface area (Å²) in [7, 11) is 0. The van der Waals surface area contributed by atoms with Gasteiger partial charge in [-0.25, -0.2) is 4.98 Å². The Hall–Kier alpha value is -2.41. The van der Waals surface area contributed by atoms with E-state index in [9.17, 15) is 4.79 Å². The van der Waals surface area contributed by atoms with Crippen LogP contribution >= 0.6 is 0 Å². The number of hydrogen-bond donors (Lipinski definition) is 2. The number of H-pyrrole nitrogens is 1. The molecule has 3 atom stereocenters. The van der Waals surface area contributed by atoms with Crippen molar-refractivity contribution in [1.29, 1.82) is 0 Å². The van der Waals surface area contributed by atoms with E-state index < -0.39 is 0 Å². The van der Waals surface area contributed by atoms with Crippen molar-refractivity contribution >= 4 is 17.3 Å². The third kappa shape index (κ3) is 2.99. The molecule has 1 saturated carbocycles. The molecular weight excluding hydrogens is 306 g/mol. The van der Waals surface area contributed by atoms with E-state index in [1.165, 1.54) is 6.33 Å². The van der Waals surface area contributed by atoms with Gasteiger partial charge >= 0.3 is 0 Å². The maximum atomic E-state index is 12.3. The number of aromatic amines is 1. The predicted octanol–water partition coefficient (Wildman–Crippen LogP) is 1.77. The molecule has 7 nitrogen and oxygen atoms in total. The van der Waals surface area contributed by atoms with E-state index in [1.54, 1.807) is 0 Å². The van der Waals surface area contributed by atoms with Gasteiger partial charge in [-0.15, -0.1) is 0 Å². The lowest BCUT2D eigenvalue weighted by atomic mass is 10.2. The first kappa shape index (κ1) is 15.1. The van der Waals surface area contributed by atoms with Crippen molar-refractivity contribution in [3.05, 3.63) is 36.4 Å². The van der Waals surface area contributed by atoms with Gasteiger partial charge in [0.2, 0.25) is 5.91 Å². The molecule has 2 heterocycles. The van der Waals surface area contributed by atoms with Crippen LogP contribution in [0.5, 0.6) is 0 Å². The Balaban J connectivity index is 1.36. The number of ether oxygens (including phenoxy) is 1. The average Bonchev–Trinajstić information content (AvgIpc) is 3.22. The number of amides is 1. The predicted molar refractivity (Wildman–Crippen MR) is 89.9 cm³/mol. The fraction of sp³-hybridized carbons (Fsp3) is 0.471. The highest BCUT2D eigenvalue weighted by Gasteiger charge is 2.45. The van der Waals surface area contributed by atoms with Crippen molar-refractivity contribution < 1.29 is 9.53 Å². The van der Waals surface area contributed by atoms with Gasteiger partial charge in [-0.2, -0.15) is 5.10 Å². The number of carbonyl (C=O) groups excluding carboxylic acids is 1. The van der Waals surface area contributed by atoms with Crippen molar-refractivity contribution in [3.63, 3.8) is 0 Å². The van der Waals surface area contributed by atoms with Crippen LogP contribution in [0.2, 0.25) is 0 Å². The van der Waals surface area contributed by atoms with E-state index in [2.05, 4.69) is 44.5 Å². The Morgan fingerprint density at radius 1 is 1.38 bits per heavy atom. The Bertz CT molecular complexity index is 700. The highest BCUT2D eigenvalue weighted by Crippen LogP contribution is 2.46. The highest BCUT2D eigenvalue weighted by atomic mass is 16.5. The zero-order valence-corrected chi connectivity index (χ0v) is 13.6. The van der Waals surface area contributed by atoms with Crippen LogP contribution in [-0.2, 0) is 9.53 Å². The first-order valence-corrected chi connectivity index (χ1v) is 8.33. The lowest BCUT2D eigenvalue weighted by Crippen LogP contribution is -2.43. The minimum absolute atomic E-state index is 0.0168. The van der Waals surface area contributed by atoms with Crippen molar-refractivity contribution in [2.24, 2.45) is 5.92 Å².